The van der Waals surface area contributed by atoms with Crippen LogP contribution in [0.25, 0.3) is 0 Å². The normalized spacial score (nSPS) is 14.1. The Morgan fingerprint density at radius 1 is 0.960 bits per heavy atom. The van der Waals surface area contributed by atoms with Gasteiger partial charge in [0.25, 0.3) is 0 Å². The van der Waals surface area contributed by atoms with Crippen LogP contribution < -0.4 is 5.32 Å². The standard InChI is InChI=1S/C21H24N2O2/c24-21(25-17-19-10-5-2-6-11-19)23-13-7-12-20(16-23)15-22-14-18-8-3-1-4-9-18/h1-6,8-12,22H,7,13-17H2. The molecular formula is C21H24N2O2. The smallest absolute Gasteiger partial charge is 0.410 e. The molecule has 0 atom stereocenters. The highest BCUT2D eigenvalue weighted by molar-refractivity contribution is 5.68. The topological polar surface area (TPSA) is 41.6 Å². The summed E-state index contributed by atoms with van der Waals surface area (Å²) in [5, 5.41) is 3.44. The Labute approximate surface area is 149 Å². The summed E-state index contributed by atoms with van der Waals surface area (Å²) in [7, 11) is 0. The molecule has 0 saturated carbocycles. The summed E-state index contributed by atoms with van der Waals surface area (Å²) in [5.41, 5.74) is 3.50. The van der Waals surface area contributed by atoms with Gasteiger partial charge in [-0.2, -0.15) is 0 Å². The highest BCUT2D eigenvalue weighted by Crippen LogP contribution is 2.12. The average Bonchev–Trinajstić information content (AvgIpc) is 2.68. The first kappa shape index (κ1) is 17.2. The Hall–Kier alpha value is -2.59. The number of hydrogen-bond acceptors (Lipinski definition) is 3. The minimum atomic E-state index is -0.238. The van der Waals surface area contributed by atoms with Crippen LogP contribution in [-0.4, -0.2) is 30.6 Å². The maximum atomic E-state index is 12.3. The van der Waals surface area contributed by atoms with Crippen LogP contribution in [-0.2, 0) is 17.9 Å². The van der Waals surface area contributed by atoms with E-state index in [0.29, 0.717) is 13.2 Å². The second-order valence-corrected chi connectivity index (χ2v) is 6.20. The summed E-state index contributed by atoms with van der Waals surface area (Å²) in [6.07, 6.45) is 2.86. The summed E-state index contributed by atoms with van der Waals surface area (Å²) in [4.78, 5) is 14.0. The van der Waals surface area contributed by atoms with Crippen molar-refractivity contribution >= 4 is 6.09 Å². The number of nitrogens with zero attached hydrogens (tertiary/aromatic N) is 1. The Bertz CT molecular complexity index is 698. The molecule has 0 fully saturated rings. The summed E-state index contributed by atoms with van der Waals surface area (Å²) in [5.74, 6) is 0. The van der Waals surface area contributed by atoms with Gasteiger partial charge in [-0.1, -0.05) is 66.7 Å². The van der Waals surface area contributed by atoms with E-state index in [1.165, 1.54) is 11.1 Å². The van der Waals surface area contributed by atoms with E-state index in [2.05, 4.69) is 23.5 Å². The molecule has 1 aliphatic heterocycles. The van der Waals surface area contributed by atoms with E-state index in [1.54, 1.807) is 4.90 Å². The fourth-order valence-electron chi connectivity index (χ4n) is 2.87. The number of nitrogens with one attached hydrogen (secondary N) is 1. The Kier molecular flexibility index (Phi) is 6.23. The number of hydrogen-bond donors (Lipinski definition) is 1. The van der Waals surface area contributed by atoms with Gasteiger partial charge < -0.3 is 15.0 Å². The molecule has 0 bridgehead atoms. The molecule has 0 radical (unpaired) electrons. The zero-order valence-corrected chi connectivity index (χ0v) is 14.4. The van der Waals surface area contributed by atoms with Crippen molar-refractivity contribution in [2.24, 2.45) is 0 Å². The lowest BCUT2D eigenvalue weighted by Crippen LogP contribution is -2.38. The predicted molar refractivity (Wildman–Crippen MR) is 99.0 cm³/mol. The Balaban J connectivity index is 1.42. The summed E-state index contributed by atoms with van der Waals surface area (Å²) in [6, 6.07) is 20.1. The second-order valence-electron chi connectivity index (χ2n) is 6.20. The molecule has 25 heavy (non-hydrogen) atoms. The van der Waals surface area contributed by atoms with Crippen LogP contribution in [0.15, 0.2) is 72.3 Å². The molecular weight excluding hydrogens is 312 g/mol. The van der Waals surface area contributed by atoms with Crippen LogP contribution in [0, 0.1) is 0 Å². The third-order valence-electron chi connectivity index (χ3n) is 4.21. The quantitative estimate of drug-likeness (QED) is 0.817. The number of rotatable bonds is 6. The lowest BCUT2D eigenvalue weighted by Gasteiger charge is -2.27. The molecule has 2 aromatic carbocycles. The summed E-state index contributed by atoms with van der Waals surface area (Å²) < 4.78 is 5.43. The third-order valence-corrected chi connectivity index (χ3v) is 4.21. The van der Waals surface area contributed by atoms with Gasteiger partial charge >= 0.3 is 6.09 Å². The highest BCUT2D eigenvalue weighted by atomic mass is 16.6. The molecule has 0 aliphatic carbocycles. The minimum absolute atomic E-state index is 0.238. The van der Waals surface area contributed by atoms with Crippen molar-refractivity contribution in [1.29, 1.82) is 0 Å². The lowest BCUT2D eigenvalue weighted by atomic mass is 10.1. The Morgan fingerprint density at radius 2 is 1.64 bits per heavy atom. The van der Waals surface area contributed by atoms with E-state index in [9.17, 15) is 4.79 Å². The van der Waals surface area contributed by atoms with E-state index in [4.69, 9.17) is 4.74 Å². The molecule has 4 nitrogen and oxygen atoms in total. The van der Waals surface area contributed by atoms with Gasteiger partial charge in [-0.15, -0.1) is 0 Å². The molecule has 2 aromatic rings. The first-order valence-electron chi connectivity index (χ1n) is 8.69. The summed E-state index contributed by atoms with van der Waals surface area (Å²) in [6.45, 7) is 3.29. The van der Waals surface area contributed by atoms with Crippen molar-refractivity contribution in [1.82, 2.24) is 10.2 Å². The van der Waals surface area contributed by atoms with Crippen molar-refractivity contribution in [2.75, 3.05) is 19.6 Å². The van der Waals surface area contributed by atoms with Gasteiger partial charge in [-0.3, -0.25) is 0 Å². The molecule has 1 heterocycles. The predicted octanol–water partition coefficient (Wildman–Crippen LogP) is 3.75. The first-order chi connectivity index (χ1) is 12.3. The maximum Gasteiger partial charge on any atom is 0.410 e. The molecule has 130 valence electrons. The van der Waals surface area contributed by atoms with Crippen LogP contribution in [0.4, 0.5) is 4.79 Å². The van der Waals surface area contributed by atoms with Crippen molar-refractivity contribution in [3.05, 3.63) is 83.4 Å². The highest BCUT2D eigenvalue weighted by Gasteiger charge is 2.19. The van der Waals surface area contributed by atoms with Crippen molar-refractivity contribution < 1.29 is 9.53 Å². The van der Waals surface area contributed by atoms with E-state index < -0.39 is 0 Å². The molecule has 3 rings (SSSR count). The van der Waals surface area contributed by atoms with Gasteiger partial charge in [0.05, 0.1) is 0 Å². The minimum Gasteiger partial charge on any atom is -0.445 e. The average molecular weight is 336 g/mol. The van der Waals surface area contributed by atoms with Gasteiger partial charge in [-0.25, -0.2) is 4.79 Å². The van der Waals surface area contributed by atoms with Crippen molar-refractivity contribution in [3.63, 3.8) is 0 Å². The van der Waals surface area contributed by atoms with Crippen LogP contribution in [0.3, 0.4) is 0 Å². The molecule has 0 aromatic heterocycles. The zero-order valence-electron chi connectivity index (χ0n) is 14.4. The van der Waals surface area contributed by atoms with Crippen molar-refractivity contribution in [2.45, 2.75) is 19.6 Å². The SMILES string of the molecule is O=C(OCc1ccccc1)N1CCC=C(CNCc2ccccc2)C1. The first-order valence-corrected chi connectivity index (χ1v) is 8.69. The molecule has 0 unspecified atom stereocenters. The largest absolute Gasteiger partial charge is 0.445 e. The fraction of sp³-hybridized carbons (Fsp3) is 0.286. The van der Waals surface area contributed by atoms with Crippen molar-refractivity contribution in [3.8, 4) is 0 Å². The third kappa shape index (κ3) is 5.47. The zero-order chi connectivity index (χ0) is 17.3. The lowest BCUT2D eigenvalue weighted by molar-refractivity contribution is 0.0981. The molecule has 1 N–H and O–H groups in total. The number of benzene rings is 2. The van der Waals surface area contributed by atoms with Crippen LogP contribution in [0.5, 0.6) is 0 Å². The summed E-state index contributed by atoms with van der Waals surface area (Å²) >= 11 is 0. The fourth-order valence-corrected chi connectivity index (χ4v) is 2.87. The number of carbonyl (C=O) groups excluding carboxylic acids is 1. The number of carbonyl (C=O) groups is 1. The molecule has 0 spiro atoms. The molecule has 0 saturated heterocycles. The molecule has 1 aliphatic rings. The Morgan fingerprint density at radius 3 is 2.36 bits per heavy atom. The van der Waals surface area contributed by atoms with E-state index in [1.807, 2.05) is 48.5 Å². The van der Waals surface area contributed by atoms with E-state index in [0.717, 1.165) is 31.6 Å². The van der Waals surface area contributed by atoms with Gasteiger partial charge in [0.2, 0.25) is 0 Å². The van der Waals surface area contributed by atoms with Crippen LogP contribution in [0.1, 0.15) is 17.5 Å². The monoisotopic (exact) mass is 336 g/mol. The molecule has 4 heteroatoms. The number of ether oxygens (including phenoxy) is 1. The van der Waals surface area contributed by atoms with Crippen LogP contribution in [0.2, 0.25) is 0 Å². The number of amides is 1. The van der Waals surface area contributed by atoms with Gasteiger partial charge in [-0.05, 0) is 23.1 Å². The van der Waals surface area contributed by atoms with E-state index >= 15 is 0 Å². The van der Waals surface area contributed by atoms with Gasteiger partial charge in [0, 0.05) is 26.2 Å². The van der Waals surface area contributed by atoms with Gasteiger partial charge in [0.15, 0.2) is 0 Å². The molecule has 1 amide bonds. The van der Waals surface area contributed by atoms with Gasteiger partial charge in [0.1, 0.15) is 6.61 Å². The second kappa shape index (κ2) is 9.04. The van der Waals surface area contributed by atoms with E-state index in [-0.39, 0.29) is 6.09 Å². The van der Waals surface area contributed by atoms with Crippen LogP contribution >= 0.6 is 0 Å². The maximum absolute atomic E-state index is 12.3.